The molecule has 2 nitrogen and oxygen atoms in total. The standard InChI is InChI=1S/C16H17FO2/c1-2-10-18-12-13-8-9-15(17)16(11-13)19-14-6-4-3-5-7-14/h3-9,11H,2,10,12H2,1H3. The first kappa shape index (κ1) is 13.6. The van der Waals surface area contributed by atoms with Gasteiger partial charge in [0.1, 0.15) is 5.75 Å². The lowest BCUT2D eigenvalue weighted by Crippen LogP contribution is -1.96. The number of hydrogen-bond donors (Lipinski definition) is 0. The number of benzene rings is 2. The van der Waals surface area contributed by atoms with Gasteiger partial charge in [0.05, 0.1) is 6.61 Å². The molecule has 2 aromatic carbocycles. The van der Waals surface area contributed by atoms with E-state index in [2.05, 4.69) is 6.92 Å². The van der Waals surface area contributed by atoms with Crippen LogP contribution >= 0.6 is 0 Å². The van der Waals surface area contributed by atoms with Crippen LogP contribution in [0.3, 0.4) is 0 Å². The Morgan fingerprint density at radius 2 is 1.84 bits per heavy atom. The van der Waals surface area contributed by atoms with Gasteiger partial charge in [-0.15, -0.1) is 0 Å². The highest BCUT2D eigenvalue weighted by Crippen LogP contribution is 2.25. The minimum Gasteiger partial charge on any atom is -0.454 e. The third kappa shape index (κ3) is 4.07. The Labute approximate surface area is 112 Å². The molecule has 2 aromatic rings. The van der Waals surface area contributed by atoms with Crippen LogP contribution in [0.4, 0.5) is 4.39 Å². The Bertz CT molecular complexity index is 511. The zero-order chi connectivity index (χ0) is 13.5. The van der Waals surface area contributed by atoms with Crippen molar-refractivity contribution in [2.75, 3.05) is 6.61 Å². The largest absolute Gasteiger partial charge is 0.454 e. The fourth-order valence-electron chi connectivity index (χ4n) is 1.67. The first-order valence-electron chi connectivity index (χ1n) is 6.38. The summed E-state index contributed by atoms with van der Waals surface area (Å²) in [6.07, 6.45) is 0.967. The summed E-state index contributed by atoms with van der Waals surface area (Å²) < 4.78 is 24.6. The molecule has 0 radical (unpaired) electrons. The lowest BCUT2D eigenvalue weighted by atomic mass is 10.2. The third-order valence-corrected chi connectivity index (χ3v) is 2.58. The second-order valence-corrected chi connectivity index (χ2v) is 4.23. The summed E-state index contributed by atoms with van der Waals surface area (Å²) in [4.78, 5) is 0. The summed E-state index contributed by atoms with van der Waals surface area (Å²) in [5.41, 5.74) is 0.904. The highest BCUT2D eigenvalue weighted by Gasteiger charge is 2.06. The maximum absolute atomic E-state index is 13.7. The fraction of sp³-hybridized carbons (Fsp3) is 0.250. The van der Waals surface area contributed by atoms with Crippen molar-refractivity contribution in [1.29, 1.82) is 0 Å². The van der Waals surface area contributed by atoms with Crippen molar-refractivity contribution in [3.8, 4) is 11.5 Å². The minimum absolute atomic E-state index is 0.226. The number of hydrogen-bond acceptors (Lipinski definition) is 2. The van der Waals surface area contributed by atoms with Crippen molar-refractivity contribution in [3.05, 3.63) is 59.9 Å². The molecule has 100 valence electrons. The van der Waals surface area contributed by atoms with Gasteiger partial charge in [0.15, 0.2) is 11.6 Å². The van der Waals surface area contributed by atoms with E-state index in [1.807, 2.05) is 18.2 Å². The van der Waals surface area contributed by atoms with Gasteiger partial charge in [0.2, 0.25) is 0 Å². The van der Waals surface area contributed by atoms with Crippen LogP contribution in [0, 0.1) is 5.82 Å². The van der Waals surface area contributed by atoms with Crippen molar-refractivity contribution in [3.63, 3.8) is 0 Å². The Hall–Kier alpha value is -1.87. The van der Waals surface area contributed by atoms with E-state index in [1.54, 1.807) is 24.3 Å². The summed E-state index contributed by atoms with van der Waals surface area (Å²) in [6, 6.07) is 14.0. The van der Waals surface area contributed by atoms with Gasteiger partial charge in [-0.05, 0) is 36.2 Å². The van der Waals surface area contributed by atoms with E-state index >= 15 is 0 Å². The normalized spacial score (nSPS) is 10.4. The Morgan fingerprint density at radius 3 is 2.58 bits per heavy atom. The molecule has 0 saturated heterocycles. The van der Waals surface area contributed by atoms with Crippen LogP contribution in [0.5, 0.6) is 11.5 Å². The molecular weight excluding hydrogens is 243 g/mol. The van der Waals surface area contributed by atoms with Gasteiger partial charge >= 0.3 is 0 Å². The quantitative estimate of drug-likeness (QED) is 0.710. The minimum atomic E-state index is -0.372. The Kier molecular flexibility index (Phi) is 4.93. The molecule has 0 fully saturated rings. The maximum atomic E-state index is 13.7. The number of ether oxygens (including phenoxy) is 2. The fourth-order valence-corrected chi connectivity index (χ4v) is 1.67. The zero-order valence-electron chi connectivity index (χ0n) is 10.9. The van der Waals surface area contributed by atoms with Gasteiger partial charge in [-0.2, -0.15) is 0 Å². The molecule has 0 spiro atoms. The third-order valence-electron chi connectivity index (χ3n) is 2.58. The van der Waals surface area contributed by atoms with Crippen molar-refractivity contribution in [2.24, 2.45) is 0 Å². The molecule has 0 heterocycles. The van der Waals surface area contributed by atoms with Crippen LogP contribution in [0.2, 0.25) is 0 Å². The predicted octanol–water partition coefficient (Wildman–Crippen LogP) is 4.54. The summed E-state index contributed by atoms with van der Waals surface area (Å²) in [5, 5.41) is 0. The second-order valence-electron chi connectivity index (χ2n) is 4.23. The Balaban J connectivity index is 2.09. The monoisotopic (exact) mass is 260 g/mol. The summed E-state index contributed by atoms with van der Waals surface area (Å²) >= 11 is 0. The molecule has 0 bridgehead atoms. The molecule has 19 heavy (non-hydrogen) atoms. The molecule has 0 aliphatic rings. The van der Waals surface area contributed by atoms with Gasteiger partial charge in [-0.1, -0.05) is 31.2 Å². The summed E-state index contributed by atoms with van der Waals surface area (Å²) in [6.45, 7) is 3.22. The molecular formula is C16H17FO2. The van der Waals surface area contributed by atoms with Gasteiger partial charge in [0, 0.05) is 6.61 Å². The van der Waals surface area contributed by atoms with Gasteiger partial charge in [0.25, 0.3) is 0 Å². The second kappa shape index (κ2) is 6.90. The maximum Gasteiger partial charge on any atom is 0.165 e. The van der Waals surface area contributed by atoms with E-state index in [0.29, 0.717) is 19.0 Å². The van der Waals surface area contributed by atoms with Gasteiger partial charge in [-0.25, -0.2) is 4.39 Å². The van der Waals surface area contributed by atoms with E-state index in [9.17, 15) is 4.39 Å². The van der Waals surface area contributed by atoms with Crippen LogP contribution in [0.15, 0.2) is 48.5 Å². The lowest BCUT2D eigenvalue weighted by Gasteiger charge is -2.09. The number of para-hydroxylation sites is 1. The SMILES string of the molecule is CCCOCc1ccc(F)c(Oc2ccccc2)c1. The van der Waals surface area contributed by atoms with E-state index in [0.717, 1.165) is 12.0 Å². The molecule has 0 saturated carbocycles. The molecule has 0 aliphatic heterocycles. The van der Waals surface area contributed by atoms with E-state index in [-0.39, 0.29) is 11.6 Å². The summed E-state index contributed by atoms with van der Waals surface area (Å²) in [7, 11) is 0. The smallest absolute Gasteiger partial charge is 0.165 e. The van der Waals surface area contributed by atoms with Crippen molar-refractivity contribution in [2.45, 2.75) is 20.0 Å². The number of halogens is 1. The van der Waals surface area contributed by atoms with E-state index in [4.69, 9.17) is 9.47 Å². The van der Waals surface area contributed by atoms with Crippen LogP contribution in [-0.2, 0) is 11.3 Å². The molecule has 3 heteroatoms. The van der Waals surface area contributed by atoms with Crippen LogP contribution in [0.1, 0.15) is 18.9 Å². The van der Waals surface area contributed by atoms with Crippen LogP contribution in [-0.4, -0.2) is 6.61 Å². The first-order valence-corrected chi connectivity index (χ1v) is 6.38. The topological polar surface area (TPSA) is 18.5 Å². The molecule has 0 N–H and O–H groups in total. The van der Waals surface area contributed by atoms with Gasteiger partial charge in [-0.3, -0.25) is 0 Å². The average molecular weight is 260 g/mol. The molecule has 0 atom stereocenters. The van der Waals surface area contributed by atoms with Crippen molar-refractivity contribution in [1.82, 2.24) is 0 Å². The lowest BCUT2D eigenvalue weighted by molar-refractivity contribution is 0.121. The first-order chi connectivity index (χ1) is 9.29. The van der Waals surface area contributed by atoms with Crippen molar-refractivity contribution < 1.29 is 13.9 Å². The molecule has 2 rings (SSSR count). The molecule has 0 unspecified atom stereocenters. The predicted molar refractivity (Wildman–Crippen MR) is 72.9 cm³/mol. The Morgan fingerprint density at radius 1 is 1.05 bits per heavy atom. The highest BCUT2D eigenvalue weighted by atomic mass is 19.1. The van der Waals surface area contributed by atoms with Crippen molar-refractivity contribution >= 4 is 0 Å². The molecule has 0 amide bonds. The van der Waals surface area contributed by atoms with E-state index < -0.39 is 0 Å². The van der Waals surface area contributed by atoms with Crippen LogP contribution in [0.25, 0.3) is 0 Å². The number of rotatable bonds is 6. The summed E-state index contributed by atoms with van der Waals surface area (Å²) in [5.74, 6) is 0.472. The van der Waals surface area contributed by atoms with Gasteiger partial charge < -0.3 is 9.47 Å². The molecule has 0 aromatic heterocycles. The van der Waals surface area contributed by atoms with E-state index in [1.165, 1.54) is 6.07 Å². The highest BCUT2D eigenvalue weighted by molar-refractivity contribution is 5.34. The zero-order valence-corrected chi connectivity index (χ0v) is 10.9. The average Bonchev–Trinajstić information content (AvgIpc) is 2.44. The molecule has 0 aliphatic carbocycles. The van der Waals surface area contributed by atoms with Crippen LogP contribution < -0.4 is 4.74 Å².